The molecule has 3 aromatic rings. The highest BCUT2D eigenvalue weighted by atomic mass is 16.5. The average Bonchev–Trinajstić information content (AvgIpc) is 3.42. The number of methoxy groups -OCH3 is 1. The van der Waals surface area contributed by atoms with Gasteiger partial charge in [0.15, 0.2) is 0 Å². The summed E-state index contributed by atoms with van der Waals surface area (Å²) in [6.45, 7) is 2.63. The van der Waals surface area contributed by atoms with E-state index >= 15 is 0 Å². The van der Waals surface area contributed by atoms with Crippen LogP contribution in [0.4, 0.5) is 0 Å². The van der Waals surface area contributed by atoms with Crippen LogP contribution in [-0.4, -0.2) is 32.6 Å². The molecule has 0 N–H and O–H groups in total. The van der Waals surface area contributed by atoms with Gasteiger partial charge in [0.2, 0.25) is 0 Å². The van der Waals surface area contributed by atoms with Crippen molar-refractivity contribution >= 4 is 23.1 Å². The van der Waals surface area contributed by atoms with E-state index in [1.807, 2.05) is 11.5 Å². The minimum atomic E-state index is -0.384. The van der Waals surface area contributed by atoms with Gasteiger partial charge >= 0.3 is 5.97 Å². The predicted molar refractivity (Wildman–Crippen MR) is 110 cm³/mol. The van der Waals surface area contributed by atoms with E-state index in [0.29, 0.717) is 23.1 Å². The summed E-state index contributed by atoms with van der Waals surface area (Å²) in [5.74, 6) is 1.55. The summed E-state index contributed by atoms with van der Waals surface area (Å²) < 4.78 is 6.86. The molecule has 2 aliphatic rings. The van der Waals surface area contributed by atoms with E-state index in [0.717, 1.165) is 28.8 Å². The average molecular weight is 388 g/mol. The zero-order valence-corrected chi connectivity index (χ0v) is 16.8. The van der Waals surface area contributed by atoms with Crippen molar-refractivity contribution < 1.29 is 9.53 Å². The fourth-order valence-corrected chi connectivity index (χ4v) is 4.53. The number of rotatable bonds is 4. The van der Waals surface area contributed by atoms with Gasteiger partial charge in [0, 0.05) is 18.1 Å². The molecule has 2 fully saturated rings. The highest BCUT2D eigenvalue weighted by Crippen LogP contribution is 2.51. The maximum Gasteiger partial charge on any atom is 0.340 e. The fourth-order valence-electron chi connectivity index (χ4n) is 4.53. The fraction of sp³-hybridized carbons (Fsp3) is 0.391. The number of allylic oxidation sites excluding steroid dienone is 1. The lowest BCUT2D eigenvalue weighted by atomic mass is 9.94. The lowest BCUT2D eigenvalue weighted by molar-refractivity contribution is 0.0602. The van der Waals surface area contributed by atoms with Crippen LogP contribution < -0.4 is 0 Å². The third-order valence-electron chi connectivity index (χ3n) is 6.28. The maximum absolute atomic E-state index is 12.1. The first kappa shape index (κ1) is 18.0. The number of ether oxygens (including phenoxy) is 1. The van der Waals surface area contributed by atoms with E-state index in [1.165, 1.54) is 39.1 Å². The molecule has 0 aromatic carbocycles. The number of fused-ring (bicyclic) bond motifs is 2. The second kappa shape index (κ2) is 7.10. The van der Waals surface area contributed by atoms with Crippen molar-refractivity contribution in [1.29, 1.82) is 0 Å². The molecule has 0 spiro atoms. The van der Waals surface area contributed by atoms with Crippen molar-refractivity contribution in [3.63, 3.8) is 0 Å². The molecule has 5 rings (SSSR count). The molecule has 0 bridgehead atoms. The molecule has 0 amide bonds. The van der Waals surface area contributed by atoms with Gasteiger partial charge in [-0.15, -0.1) is 0 Å². The van der Waals surface area contributed by atoms with E-state index in [-0.39, 0.29) is 5.97 Å². The molecular formula is C23H24N4O2. The summed E-state index contributed by atoms with van der Waals surface area (Å²) in [6.07, 6.45) is 12.4. The zero-order valence-electron chi connectivity index (χ0n) is 16.8. The van der Waals surface area contributed by atoms with Gasteiger partial charge in [-0.1, -0.05) is 11.6 Å². The minimum Gasteiger partial charge on any atom is -0.465 e. The number of nitrogens with zero attached hydrogens (tertiary/aromatic N) is 4. The monoisotopic (exact) mass is 388 g/mol. The summed E-state index contributed by atoms with van der Waals surface area (Å²) >= 11 is 0. The molecule has 29 heavy (non-hydrogen) atoms. The number of hydrogen-bond donors (Lipinski definition) is 0. The van der Waals surface area contributed by atoms with Crippen molar-refractivity contribution in [1.82, 2.24) is 19.5 Å². The number of aromatic nitrogens is 4. The molecular weight excluding hydrogens is 364 g/mol. The first-order chi connectivity index (χ1) is 14.1. The van der Waals surface area contributed by atoms with Gasteiger partial charge in [-0.2, -0.15) is 0 Å². The summed E-state index contributed by atoms with van der Waals surface area (Å²) in [5, 5.41) is 0.696. The van der Waals surface area contributed by atoms with Crippen LogP contribution in [0, 0.1) is 18.8 Å². The first-order valence-electron chi connectivity index (χ1n) is 10.2. The van der Waals surface area contributed by atoms with Crippen LogP contribution in [0.5, 0.6) is 0 Å². The molecule has 2 aliphatic carbocycles. The smallest absolute Gasteiger partial charge is 0.340 e. The molecule has 148 valence electrons. The normalized spacial score (nSPS) is 21.9. The van der Waals surface area contributed by atoms with Gasteiger partial charge in [-0.05, 0) is 62.1 Å². The Labute approximate surface area is 169 Å². The van der Waals surface area contributed by atoms with Crippen molar-refractivity contribution in [2.75, 3.05) is 7.11 Å². The van der Waals surface area contributed by atoms with Gasteiger partial charge in [-0.25, -0.2) is 14.8 Å². The Morgan fingerprint density at radius 3 is 3.03 bits per heavy atom. The van der Waals surface area contributed by atoms with E-state index in [2.05, 4.69) is 28.2 Å². The van der Waals surface area contributed by atoms with Crippen LogP contribution >= 0.6 is 0 Å². The third kappa shape index (κ3) is 3.43. The molecule has 0 radical (unpaired) electrons. The van der Waals surface area contributed by atoms with Crippen LogP contribution in [0.1, 0.15) is 53.0 Å². The topological polar surface area (TPSA) is 69.9 Å². The Morgan fingerprint density at radius 2 is 2.24 bits per heavy atom. The molecule has 2 atom stereocenters. The number of carbonyl (C=O) groups excluding carboxylic acids is 1. The van der Waals surface area contributed by atoms with Crippen LogP contribution in [0.15, 0.2) is 36.4 Å². The Hall–Kier alpha value is -3.02. The molecule has 2 unspecified atom stereocenters. The highest BCUT2D eigenvalue weighted by molar-refractivity contribution is 6.03. The highest BCUT2D eigenvalue weighted by Gasteiger charge is 2.39. The van der Waals surface area contributed by atoms with Gasteiger partial charge in [0.25, 0.3) is 0 Å². The summed E-state index contributed by atoms with van der Waals surface area (Å²) in [7, 11) is 1.38. The zero-order chi connectivity index (χ0) is 20.0. The molecule has 0 aliphatic heterocycles. The second-order valence-corrected chi connectivity index (χ2v) is 8.20. The molecule has 3 heterocycles. The van der Waals surface area contributed by atoms with Crippen molar-refractivity contribution in [2.24, 2.45) is 11.8 Å². The lowest BCUT2D eigenvalue weighted by Gasteiger charge is -2.13. The molecule has 6 heteroatoms. The van der Waals surface area contributed by atoms with Gasteiger partial charge in [0.1, 0.15) is 12.0 Å². The quantitative estimate of drug-likeness (QED) is 0.627. The van der Waals surface area contributed by atoms with E-state index in [4.69, 9.17) is 9.72 Å². The van der Waals surface area contributed by atoms with Gasteiger partial charge in [-0.3, -0.25) is 4.98 Å². The predicted octanol–water partition coefficient (Wildman–Crippen LogP) is 4.17. The standard InChI is InChI=1S/C23H24N4O2/c1-14-17(5-6-19(26-14)8-15-3-4-16-9-18(16)7-15)11-27-12-21(23(28)29-2)20-10-24-13-25-22(20)27/h5-6,8,10,12-13,16,18H,3-4,7,9,11H2,1-2H3. The minimum absolute atomic E-state index is 0.384. The third-order valence-corrected chi connectivity index (χ3v) is 6.28. The van der Waals surface area contributed by atoms with Crippen LogP contribution in [0.3, 0.4) is 0 Å². The van der Waals surface area contributed by atoms with Crippen LogP contribution in [-0.2, 0) is 11.3 Å². The van der Waals surface area contributed by atoms with E-state index < -0.39 is 0 Å². The molecule has 6 nitrogen and oxygen atoms in total. The summed E-state index contributed by atoms with van der Waals surface area (Å²) in [4.78, 5) is 25.4. The Balaban J connectivity index is 1.42. The largest absolute Gasteiger partial charge is 0.465 e. The SMILES string of the molecule is COC(=O)c1cn(Cc2ccc(C=C3CCC4CC4C3)nc2C)c2ncncc12. The Bertz CT molecular complexity index is 1130. The number of hydrogen-bond acceptors (Lipinski definition) is 5. The van der Waals surface area contributed by atoms with Gasteiger partial charge in [0.05, 0.1) is 30.3 Å². The van der Waals surface area contributed by atoms with Gasteiger partial charge < -0.3 is 9.30 Å². The number of carbonyl (C=O) groups is 1. The maximum atomic E-state index is 12.1. The van der Waals surface area contributed by atoms with Crippen LogP contribution in [0.25, 0.3) is 17.1 Å². The molecule has 2 saturated carbocycles. The summed E-state index contributed by atoms with van der Waals surface area (Å²) in [6, 6.07) is 4.22. The number of pyridine rings is 1. The summed E-state index contributed by atoms with van der Waals surface area (Å²) in [5.41, 5.74) is 5.87. The number of esters is 1. The number of aryl methyl sites for hydroxylation is 1. The van der Waals surface area contributed by atoms with E-state index in [1.54, 1.807) is 18.0 Å². The van der Waals surface area contributed by atoms with Crippen molar-refractivity contribution in [3.05, 3.63) is 58.9 Å². The Morgan fingerprint density at radius 1 is 1.34 bits per heavy atom. The first-order valence-corrected chi connectivity index (χ1v) is 10.2. The van der Waals surface area contributed by atoms with Crippen molar-refractivity contribution in [3.8, 4) is 0 Å². The lowest BCUT2D eigenvalue weighted by Crippen LogP contribution is -2.04. The van der Waals surface area contributed by atoms with E-state index in [9.17, 15) is 4.79 Å². The molecule has 3 aromatic heterocycles. The second-order valence-electron chi connectivity index (χ2n) is 8.20. The Kier molecular flexibility index (Phi) is 4.42. The van der Waals surface area contributed by atoms with Crippen molar-refractivity contribution in [2.45, 2.75) is 39.2 Å². The molecule has 0 saturated heterocycles. The van der Waals surface area contributed by atoms with Crippen LogP contribution in [0.2, 0.25) is 0 Å².